The summed E-state index contributed by atoms with van der Waals surface area (Å²) in [6.07, 6.45) is 0.925. The molecule has 0 spiro atoms. The van der Waals surface area contributed by atoms with E-state index in [-0.39, 0.29) is 12.6 Å². The van der Waals surface area contributed by atoms with Gasteiger partial charge in [0.15, 0.2) is 0 Å². The van der Waals surface area contributed by atoms with E-state index in [1.165, 1.54) is 0 Å². The number of nitrogens with zero attached hydrogens (tertiary/aromatic N) is 3. The molecule has 9 heteroatoms. The molecule has 0 bridgehead atoms. The molecule has 0 radical (unpaired) electrons. The van der Waals surface area contributed by atoms with E-state index >= 15 is 0 Å². The lowest BCUT2D eigenvalue weighted by Crippen LogP contribution is -2.48. The Kier molecular flexibility index (Phi) is 7.91. The minimum Gasteiger partial charge on any atom is -0.463 e. The predicted molar refractivity (Wildman–Crippen MR) is 134 cm³/mol. The summed E-state index contributed by atoms with van der Waals surface area (Å²) in [7, 11) is 0. The highest BCUT2D eigenvalue weighted by molar-refractivity contribution is 6.30. The first kappa shape index (κ1) is 24.6. The molecule has 8 nitrogen and oxygen atoms in total. The molecule has 35 heavy (non-hydrogen) atoms. The summed E-state index contributed by atoms with van der Waals surface area (Å²) in [6, 6.07) is 15.8. The van der Waals surface area contributed by atoms with Crippen molar-refractivity contribution in [1.82, 2.24) is 15.5 Å². The van der Waals surface area contributed by atoms with Crippen LogP contribution in [-0.2, 0) is 9.53 Å². The Labute approximate surface area is 210 Å². The SMILES string of the molecule is CCOC(=O)C1=C(CN2CCCN(c3ccc(C#N)cc3)CC2)NC(=O)NC1c1ccc(Cl)cc1. The Morgan fingerprint density at radius 1 is 1.11 bits per heavy atom. The zero-order valence-electron chi connectivity index (χ0n) is 19.6. The molecule has 1 atom stereocenters. The standard InChI is InChI=1S/C26H28ClN5O3/c1-2-35-25(33)23-22(29-26(34)30-24(23)19-6-8-20(27)9-7-19)17-31-12-3-13-32(15-14-31)21-10-4-18(16-28)5-11-21/h4-11,24H,2-3,12-15,17H2,1H3,(H2,29,30,34). The number of nitrogens with one attached hydrogen (secondary N) is 2. The second-order valence-corrected chi connectivity index (χ2v) is 8.91. The molecule has 1 saturated heterocycles. The predicted octanol–water partition coefficient (Wildman–Crippen LogP) is 3.60. The number of amides is 2. The fraction of sp³-hybridized carbons (Fsp3) is 0.346. The molecule has 2 aliphatic heterocycles. The largest absolute Gasteiger partial charge is 0.463 e. The highest BCUT2D eigenvalue weighted by Gasteiger charge is 2.34. The monoisotopic (exact) mass is 493 g/mol. The Morgan fingerprint density at radius 2 is 1.86 bits per heavy atom. The van der Waals surface area contributed by atoms with Gasteiger partial charge in [-0.2, -0.15) is 5.26 Å². The van der Waals surface area contributed by atoms with E-state index in [1.54, 1.807) is 31.2 Å². The third-order valence-electron chi connectivity index (χ3n) is 6.18. The Bertz CT molecular complexity index is 1140. The highest BCUT2D eigenvalue weighted by atomic mass is 35.5. The summed E-state index contributed by atoms with van der Waals surface area (Å²) in [4.78, 5) is 30.1. The summed E-state index contributed by atoms with van der Waals surface area (Å²) < 4.78 is 5.37. The fourth-order valence-electron chi connectivity index (χ4n) is 4.46. The van der Waals surface area contributed by atoms with Crippen LogP contribution in [0.4, 0.5) is 10.5 Å². The van der Waals surface area contributed by atoms with Crippen LogP contribution in [0.1, 0.15) is 30.5 Å². The molecule has 0 aromatic heterocycles. The number of nitriles is 1. The lowest BCUT2D eigenvalue weighted by molar-refractivity contribution is -0.139. The topological polar surface area (TPSA) is 97.7 Å². The van der Waals surface area contributed by atoms with Crippen LogP contribution in [0, 0.1) is 11.3 Å². The van der Waals surface area contributed by atoms with Crippen LogP contribution in [0.15, 0.2) is 59.8 Å². The fourth-order valence-corrected chi connectivity index (χ4v) is 4.58. The molecule has 2 aromatic carbocycles. The van der Waals surface area contributed by atoms with Gasteiger partial charge in [-0.15, -0.1) is 0 Å². The van der Waals surface area contributed by atoms with Gasteiger partial charge in [0.25, 0.3) is 0 Å². The number of hydrogen-bond acceptors (Lipinski definition) is 6. The zero-order valence-corrected chi connectivity index (χ0v) is 20.3. The van der Waals surface area contributed by atoms with Crippen LogP contribution in [0.3, 0.4) is 0 Å². The molecule has 2 heterocycles. The third kappa shape index (κ3) is 5.94. The Balaban J connectivity index is 1.56. The Morgan fingerprint density at radius 3 is 2.54 bits per heavy atom. The van der Waals surface area contributed by atoms with E-state index in [4.69, 9.17) is 21.6 Å². The van der Waals surface area contributed by atoms with Gasteiger partial charge in [-0.05, 0) is 55.3 Å². The van der Waals surface area contributed by atoms with Gasteiger partial charge >= 0.3 is 12.0 Å². The lowest BCUT2D eigenvalue weighted by Gasteiger charge is -2.32. The van der Waals surface area contributed by atoms with E-state index in [1.807, 2.05) is 24.3 Å². The summed E-state index contributed by atoms with van der Waals surface area (Å²) in [5.41, 5.74) is 3.43. The van der Waals surface area contributed by atoms with Crippen LogP contribution in [-0.4, -0.2) is 56.2 Å². The van der Waals surface area contributed by atoms with Gasteiger partial charge in [-0.25, -0.2) is 9.59 Å². The summed E-state index contributed by atoms with van der Waals surface area (Å²) in [5.74, 6) is -0.455. The van der Waals surface area contributed by atoms with E-state index in [2.05, 4.69) is 26.5 Å². The molecular formula is C26H28ClN5O3. The molecular weight excluding hydrogens is 466 g/mol. The van der Waals surface area contributed by atoms with E-state index in [0.29, 0.717) is 28.4 Å². The normalized spacial score (nSPS) is 18.8. The molecule has 2 aromatic rings. The van der Waals surface area contributed by atoms with Crippen LogP contribution in [0.5, 0.6) is 0 Å². The molecule has 2 amide bonds. The minimum absolute atomic E-state index is 0.236. The average Bonchev–Trinajstić information content (AvgIpc) is 3.10. The Hall–Kier alpha value is -3.54. The van der Waals surface area contributed by atoms with Crippen molar-refractivity contribution in [2.75, 3.05) is 44.2 Å². The van der Waals surface area contributed by atoms with Gasteiger partial charge in [0, 0.05) is 49.1 Å². The summed E-state index contributed by atoms with van der Waals surface area (Å²) in [5, 5.41) is 15.3. The lowest BCUT2D eigenvalue weighted by atomic mass is 9.95. The van der Waals surface area contributed by atoms with Crippen molar-refractivity contribution in [3.05, 3.63) is 76.0 Å². The quantitative estimate of drug-likeness (QED) is 0.597. The van der Waals surface area contributed by atoms with Gasteiger partial charge in [0.2, 0.25) is 0 Å². The van der Waals surface area contributed by atoms with Crippen molar-refractivity contribution in [1.29, 1.82) is 5.26 Å². The average molecular weight is 494 g/mol. The number of hydrogen-bond donors (Lipinski definition) is 2. The first-order valence-corrected chi connectivity index (χ1v) is 12.1. The number of anilines is 1. The van der Waals surface area contributed by atoms with Crippen LogP contribution < -0.4 is 15.5 Å². The second-order valence-electron chi connectivity index (χ2n) is 8.47. The maximum atomic E-state index is 13.0. The van der Waals surface area contributed by atoms with Gasteiger partial charge in [0.05, 0.1) is 29.9 Å². The maximum Gasteiger partial charge on any atom is 0.338 e. The molecule has 2 N–H and O–H groups in total. The molecule has 0 aliphatic carbocycles. The van der Waals surface area contributed by atoms with Crippen molar-refractivity contribution in [3.8, 4) is 6.07 Å². The summed E-state index contributed by atoms with van der Waals surface area (Å²) in [6.45, 7) is 5.67. The first-order valence-electron chi connectivity index (χ1n) is 11.7. The van der Waals surface area contributed by atoms with E-state index < -0.39 is 12.0 Å². The first-order chi connectivity index (χ1) is 17.0. The third-order valence-corrected chi connectivity index (χ3v) is 6.44. The molecule has 4 rings (SSSR count). The molecule has 2 aliphatic rings. The number of ether oxygens (including phenoxy) is 1. The minimum atomic E-state index is -0.628. The van der Waals surface area contributed by atoms with Gasteiger partial charge < -0.3 is 20.3 Å². The smallest absolute Gasteiger partial charge is 0.338 e. The number of halogens is 1. The van der Waals surface area contributed by atoms with Crippen LogP contribution in [0.25, 0.3) is 0 Å². The highest BCUT2D eigenvalue weighted by Crippen LogP contribution is 2.29. The van der Waals surface area contributed by atoms with Gasteiger partial charge in [-0.1, -0.05) is 23.7 Å². The number of benzene rings is 2. The van der Waals surface area contributed by atoms with E-state index in [0.717, 1.165) is 43.9 Å². The van der Waals surface area contributed by atoms with Crippen molar-refractivity contribution in [3.63, 3.8) is 0 Å². The van der Waals surface area contributed by atoms with Crippen molar-refractivity contribution in [2.24, 2.45) is 0 Å². The van der Waals surface area contributed by atoms with Crippen molar-refractivity contribution in [2.45, 2.75) is 19.4 Å². The maximum absolute atomic E-state index is 13.0. The number of rotatable bonds is 6. The van der Waals surface area contributed by atoms with Crippen LogP contribution >= 0.6 is 11.6 Å². The number of esters is 1. The number of carbonyl (C=O) groups excluding carboxylic acids is 2. The molecule has 182 valence electrons. The zero-order chi connectivity index (χ0) is 24.8. The van der Waals surface area contributed by atoms with Gasteiger partial charge in [-0.3, -0.25) is 4.90 Å². The van der Waals surface area contributed by atoms with Gasteiger partial charge in [0.1, 0.15) is 0 Å². The van der Waals surface area contributed by atoms with Crippen molar-refractivity contribution < 1.29 is 14.3 Å². The second kappa shape index (κ2) is 11.3. The molecule has 1 fully saturated rings. The molecule has 1 unspecified atom stereocenters. The van der Waals surface area contributed by atoms with Crippen molar-refractivity contribution >= 4 is 29.3 Å². The summed E-state index contributed by atoms with van der Waals surface area (Å²) >= 11 is 6.04. The number of urea groups is 1. The number of carbonyl (C=O) groups is 2. The van der Waals surface area contributed by atoms with Crippen LogP contribution in [0.2, 0.25) is 5.02 Å². The molecule has 0 saturated carbocycles. The van der Waals surface area contributed by atoms with E-state index in [9.17, 15) is 9.59 Å².